The van der Waals surface area contributed by atoms with Crippen LogP contribution in [0, 0.1) is 0 Å². The molecule has 0 bridgehead atoms. The first-order valence-electron chi connectivity index (χ1n) is 8.14. The first-order chi connectivity index (χ1) is 12.4. The van der Waals surface area contributed by atoms with Crippen LogP contribution in [0.3, 0.4) is 0 Å². The fraction of sp³-hybridized carbons (Fsp3) is 0.150. The average molecular weight is 429 g/mol. The summed E-state index contributed by atoms with van der Waals surface area (Å²) >= 11 is 8.59. The highest BCUT2D eigenvalue weighted by atomic mass is 79.9. The third-order valence-corrected chi connectivity index (χ3v) is 4.86. The SMILES string of the molecule is CC(C)c1ccc(/C=C2\C(=O)NC(=S)N(c3cccc(Br)c3)C2=O)cc1. The Morgan fingerprint density at radius 3 is 2.42 bits per heavy atom. The fourth-order valence-electron chi connectivity index (χ4n) is 2.65. The van der Waals surface area contributed by atoms with Gasteiger partial charge in [0.15, 0.2) is 5.11 Å². The zero-order chi connectivity index (χ0) is 18.8. The number of anilines is 1. The molecule has 1 aliphatic rings. The van der Waals surface area contributed by atoms with E-state index in [4.69, 9.17) is 12.2 Å². The van der Waals surface area contributed by atoms with E-state index in [0.717, 1.165) is 10.0 Å². The van der Waals surface area contributed by atoms with E-state index < -0.39 is 11.8 Å². The van der Waals surface area contributed by atoms with Crippen molar-refractivity contribution in [2.75, 3.05) is 4.90 Å². The van der Waals surface area contributed by atoms with Gasteiger partial charge in [0.2, 0.25) is 0 Å². The van der Waals surface area contributed by atoms with Crippen LogP contribution in [0.5, 0.6) is 0 Å². The molecule has 2 aromatic carbocycles. The third kappa shape index (κ3) is 3.76. The van der Waals surface area contributed by atoms with Crippen LogP contribution in [0.4, 0.5) is 5.69 Å². The van der Waals surface area contributed by atoms with Crippen LogP contribution in [-0.2, 0) is 9.59 Å². The van der Waals surface area contributed by atoms with Gasteiger partial charge < -0.3 is 0 Å². The van der Waals surface area contributed by atoms with Crippen LogP contribution in [-0.4, -0.2) is 16.9 Å². The smallest absolute Gasteiger partial charge is 0.270 e. The van der Waals surface area contributed by atoms with Crippen molar-refractivity contribution < 1.29 is 9.59 Å². The fourth-order valence-corrected chi connectivity index (χ4v) is 3.32. The summed E-state index contributed by atoms with van der Waals surface area (Å²) in [7, 11) is 0. The highest BCUT2D eigenvalue weighted by Crippen LogP contribution is 2.25. The highest BCUT2D eigenvalue weighted by Gasteiger charge is 2.34. The summed E-state index contributed by atoms with van der Waals surface area (Å²) in [6.07, 6.45) is 1.59. The molecule has 0 atom stereocenters. The van der Waals surface area contributed by atoms with Gasteiger partial charge in [-0.3, -0.25) is 19.8 Å². The van der Waals surface area contributed by atoms with Gasteiger partial charge in [0.1, 0.15) is 5.57 Å². The Morgan fingerprint density at radius 2 is 1.81 bits per heavy atom. The number of halogens is 1. The summed E-state index contributed by atoms with van der Waals surface area (Å²) in [5.74, 6) is -0.510. The molecule has 4 nitrogen and oxygen atoms in total. The van der Waals surface area contributed by atoms with E-state index in [-0.39, 0.29) is 10.7 Å². The van der Waals surface area contributed by atoms with Gasteiger partial charge in [-0.25, -0.2) is 0 Å². The summed E-state index contributed by atoms with van der Waals surface area (Å²) < 4.78 is 0.817. The molecule has 0 saturated carbocycles. The molecule has 1 saturated heterocycles. The number of hydrogen-bond acceptors (Lipinski definition) is 3. The minimum atomic E-state index is -0.487. The quantitative estimate of drug-likeness (QED) is 0.447. The minimum Gasteiger partial charge on any atom is -0.298 e. The normalized spacial score (nSPS) is 16.4. The van der Waals surface area contributed by atoms with Crippen molar-refractivity contribution in [3.05, 3.63) is 69.7 Å². The lowest BCUT2D eigenvalue weighted by Gasteiger charge is -2.29. The average Bonchev–Trinajstić information content (AvgIpc) is 2.59. The molecule has 0 unspecified atom stereocenters. The van der Waals surface area contributed by atoms with E-state index in [9.17, 15) is 9.59 Å². The van der Waals surface area contributed by atoms with E-state index in [0.29, 0.717) is 11.6 Å². The largest absolute Gasteiger partial charge is 0.298 e. The second-order valence-corrected chi connectivity index (χ2v) is 7.56. The Bertz CT molecular complexity index is 920. The molecule has 26 heavy (non-hydrogen) atoms. The molecule has 2 aromatic rings. The number of carbonyl (C=O) groups is 2. The molecule has 1 aliphatic heterocycles. The lowest BCUT2D eigenvalue weighted by molar-refractivity contribution is -0.122. The van der Waals surface area contributed by atoms with Crippen molar-refractivity contribution >= 4 is 56.8 Å². The monoisotopic (exact) mass is 428 g/mol. The zero-order valence-electron chi connectivity index (χ0n) is 14.3. The van der Waals surface area contributed by atoms with Crippen LogP contribution in [0.2, 0.25) is 0 Å². The zero-order valence-corrected chi connectivity index (χ0v) is 16.7. The van der Waals surface area contributed by atoms with E-state index >= 15 is 0 Å². The van der Waals surface area contributed by atoms with Crippen molar-refractivity contribution in [3.8, 4) is 0 Å². The third-order valence-electron chi connectivity index (χ3n) is 4.08. The Labute approximate surface area is 166 Å². The van der Waals surface area contributed by atoms with Gasteiger partial charge in [0.25, 0.3) is 11.8 Å². The van der Waals surface area contributed by atoms with Gasteiger partial charge in [-0.15, -0.1) is 0 Å². The molecule has 0 aliphatic carbocycles. The Kier molecular flexibility index (Phi) is 5.34. The van der Waals surface area contributed by atoms with Gasteiger partial charge in [0, 0.05) is 4.47 Å². The van der Waals surface area contributed by atoms with E-state index in [1.807, 2.05) is 30.3 Å². The predicted octanol–water partition coefficient (Wildman–Crippen LogP) is 4.40. The number of nitrogens with zero attached hydrogens (tertiary/aromatic N) is 1. The Morgan fingerprint density at radius 1 is 1.12 bits per heavy atom. The van der Waals surface area contributed by atoms with Gasteiger partial charge in [0.05, 0.1) is 5.69 Å². The number of amides is 2. The number of benzene rings is 2. The number of hydrogen-bond donors (Lipinski definition) is 1. The Balaban J connectivity index is 1.97. The number of nitrogens with one attached hydrogen (secondary N) is 1. The lowest BCUT2D eigenvalue weighted by atomic mass is 10.0. The topological polar surface area (TPSA) is 49.4 Å². The predicted molar refractivity (Wildman–Crippen MR) is 111 cm³/mol. The molecule has 0 aromatic heterocycles. The summed E-state index contributed by atoms with van der Waals surface area (Å²) in [6, 6.07) is 15.0. The number of thiocarbonyl (C=S) groups is 1. The molecule has 1 heterocycles. The lowest BCUT2D eigenvalue weighted by Crippen LogP contribution is -2.54. The number of carbonyl (C=O) groups excluding carboxylic acids is 2. The molecule has 0 spiro atoms. The van der Waals surface area contributed by atoms with Crippen LogP contribution >= 0.6 is 28.1 Å². The second kappa shape index (κ2) is 7.51. The molecule has 1 N–H and O–H groups in total. The molecule has 2 amide bonds. The summed E-state index contributed by atoms with van der Waals surface area (Å²) in [4.78, 5) is 26.6. The maximum absolute atomic E-state index is 12.9. The standard InChI is InChI=1S/C20H17BrN2O2S/c1-12(2)14-8-6-13(7-9-14)10-17-18(24)22-20(26)23(19(17)25)16-5-3-4-15(21)11-16/h3-12H,1-2H3,(H,22,24,26)/b17-10+. The van der Waals surface area contributed by atoms with Crippen LogP contribution < -0.4 is 10.2 Å². The minimum absolute atomic E-state index is 0.0517. The molecular formula is C20H17BrN2O2S. The highest BCUT2D eigenvalue weighted by molar-refractivity contribution is 9.10. The summed E-state index contributed by atoms with van der Waals surface area (Å²) in [5.41, 5.74) is 2.63. The van der Waals surface area contributed by atoms with Crippen LogP contribution in [0.1, 0.15) is 30.9 Å². The molecular weight excluding hydrogens is 412 g/mol. The Hall–Kier alpha value is -2.31. The van der Waals surface area contributed by atoms with Crippen molar-refractivity contribution in [3.63, 3.8) is 0 Å². The molecule has 1 fully saturated rings. The van der Waals surface area contributed by atoms with Crippen molar-refractivity contribution in [2.45, 2.75) is 19.8 Å². The maximum Gasteiger partial charge on any atom is 0.270 e. The number of rotatable bonds is 3. The first kappa shape index (κ1) is 18.5. The van der Waals surface area contributed by atoms with Crippen molar-refractivity contribution in [2.24, 2.45) is 0 Å². The van der Waals surface area contributed by atoms with E-state index in [2.05, 4.69) is 35.1 Å². The van der Waals surface area contributed by atoms with Gasteiger partial charge in [-0.2, -0.15) is 0 Å². The van der Waals surface area contributed by atoms with Gasteiger partial charge in [-0.1, -0.05) is 60.1 Å². The van der Waals surface area contributed by atoms with E-state index in [1.54, 1.807) is 24.3 Å². The first-order valence-corrected chi connectivity index (χ1v) is 9.34. The second-order valence-electron chi connectivity index (χ2n) is 6.26. The van der Waals surface area contributed by atoms with Gasteiger partial charge in [-0.05, 0) is 53.5 Å². The van der Waals surface area contributed by atoms with E-state index in [1.165, 1.54) is 10.5 Å². The van der Waals surface area contributed by atoms with Crippen LogP contribution in [0.15, 0.2) is 58.6 Å². The molecule has 0 radical (unpaired) electrons. The van der Waals surface area contributed by atoms with Crippen LogP contribution in [0.25, 0.3) is 6.08 Å². The van der Waals surface area contributed by atoms with Gasteiger partial charge >= 0.3 is 0 Å². The summed E-state index contributed by atoms with van der Waals surface area (Å²) in [5, 5.41) is 2.67. The summed E-state index contributed by atoms with van der Waals surface area (Å²) in [6.45, 7) is 4.23. The van der Waals surface area contributed by atoms with Crippen molar-refractivity contribution in [1.29, 1.82) is 0 Å². The molecule has 3 rings (SSSR count). The van der Waals surface area contributed by atoms with Crippen molar-refractivity contribution in [1.82, 2.24) is 5.32 Å². The molecule has 132 valence electrons. The maximum atomic E-state index is 12.9. The molecule has 6 heteroatoms.